The number of fused-ring (bicyclic) bond motifs is 1. The van der Waals surface area contributed by atoms with Gasteiger partial charge >= 0.3 is 0 Å². The molecule has 6 nitrogen and oxygen atoms in total. The Hall–Kier alpha value is -2.63. The van der Waals surface area contributed by atoms with E-state index in [1.165, 1.54) is 16.7 Å². The van der Waals surface area contributed by atoms with Gasteiger partial charge in [-0.3, -0.25) is 9.78 Å². The lowest BCUT2D eigenvalue weighted by Crippen LogP contribution is -2.24. The number of hydrogen-bond acceptors (Lipinski definition) is 4. The number of aryl methyl sites for hydroxylation is 1. The van der Waals surface area contributed by atoms with Crippen molar-refractivity contribution in [3.05, 3.63) is 51.4 Å². The molecular formula is C19H25N5O. The van der Waals surface area contributed by atoms with Crippen LogP contribution in [0, 0.1) is 13.8 Å². The van der Waals surface area contributed by atoms with Crippen molar-refractivity contribution in [2.45, 2.75) is 53.1 Å². The predicted molar refractivity (Wildman–Crippen MR) is 101 cm³/mol. The lowest BCUT2D eigenvalue weighted by Gasteiger charge is -2.21. The molecule has 0 amide bonds. The van der Waals surface area contributed by atoms with Crippen LogP contribution >= 0.6 is 0 Å². The maximum absolute atomic E-state index is 12.4. The number of nitrogens with one attached hydrogen (secondary N) is 2. The minimum absolute atomic E-state index is 0.0199. The Morgan fingerprint density at radius 3 is 2.64 bits per heavy atom. The molecule has 6 heteroatoms. The van der Waals surface area contributed by atoms with Crippen LogP contribution in [0.2, 0.25) is 0 Å². The molecule has 1 unspecified atom stereocenters. The first-order chi connectivity index (χ1) is 11.7. The summed E-state index contributed by atoms with van der Waals surface area (Å²) < 4.78 is 1.78. The highest BCUT2D eigenvalue weighted by molar-refractivity contribution is 5.74. The summed E-state index contributed by atoms with van der Waals surface area (Å²) in [6.45, 7) is 12.4. The molecule has 0 radical (unpaired) electrons. The van der Waals surface area contributed by atoms with Crippen molar-refractivity contribution in [3.8, 4) is 0 Å². The first-order valence-corrected chi connectivity index (χ1v) is 8.49. The summed E-state index contributed by atoms with van der Waals surface area (Å²) in [5.41, 5.74) is 3.83. The first-order valence-electron chi connectivity index (χ1n) is 8.49. The van der Waals surface area contributed by atoms with Crippen LogP contribution in [-0.2, 0) is 5.54 Å². The number of nitrogens with zero attached hydrogens (tertiary/aromatic N) is 3. The number of rotatable bonds is 3. The van der Waals surface area contributed by atoms with E-state index in [2.05, 4.69) is 53.3 Å². The average molecular weight is 339 g/mol. The molecule has 0 saturated heterocycles. The third kappa shape index (κ3) is 3.16. The summed E-state index contributed by atoms with van der Waals surface area (Å²) in [5, 5.41) is 8.16. The van der Waals surface area contributed by atoms with Gasteiger partial charge in [0.2, 0.25) is 5.95 Å². The van der Waals surface area contributed by atoms with E-state index in [-0.39, 0.29) is 17.1 Å². The van der Waals surface area contributed by atoms with Crippen molar-refractivity contribution < 1.29 is 0 Å². The quantitative estimate of drug-likeness (QED) is 0.763. The van der Waals surface area contributed by atoms with Gasteiger partial charge in [-0.1, -0.05) is 18.2 Å². The Morgan fingerprint density at radius 1 is 1.24 bits per heavy atom. The van der Waals surface area contributed by atoms with Crippen molar-refractivity contribution in [1.82, 2.24) is 19.7 Å². The van der Waals surface area contributed by atoms with Crippen LogP contribution in [0.15, 0.2) is 29.2 Å². The van der Waals surface area contributed by atoms with Crippen LogP contribution in [-0.4, -0.2) is 19.7 Å². The molecule has 132 valence electrons. The van der Waals surface area contributed by atoms with Gasteiger partial charge in [-0.2, -0.15) is 10.1 Å². The van der Waals surface area contributed by atoms with Crippen LogP contribution in [0.3, 0.4) is 0 Å². The Labute approximate surface area is 147 Å². The smallest absolute Gasteiger partial charge is 0.263 e. The maximum Gasteiger partial charge on any atom is 0.263 e. The van der Waals surface area contributed by atoms with Crippen LogP contribution in [0.4, 0.5) is 5.95 Å². The summed E-state index contributed by atoms with van der Waals surface area (Å²) >= 11 is 0. The van der Waals surface area contributed by atoms with E-state index in [0.717, 1.165) is 0 Å². The molecule has 25 heavy (non-hydrogen) atoms. The zero-order valence-electron chi connectivity index (χ0n) is 15.6. The van der Waals surface area contributed by atoms with Crippen molar-refractivity contribution >= 4 is 17.0 Å². The number of hydrogen-bond donors (Lipinski definition) is 2. The van der Waals surface area contributed by atoms with E-state index >= 15 is 0 Å². The summed E-state index contributed by atoms with van der Waals surface area (Å²) in [6.07, 6.45) is 1.57. The molecule has 1 atom stereocenters. The van der Waals surface area contributed by atoms with Crippen molar-refractivity contribution in [2.75, 3.05) is 5.32 Å². The molecule has 0 saturated carbocycles. The largest absolute Gasteiger partial charge is 0.349 e. The van der Waals surface area contributed by atoms with Gasteiger partial charge in [0.1, 0.15) is 5.39 Å². The molecule has 0 aliphatic rings. The van der Waals surface area contributed by atoms with E-state index in [4.69, 9.17) is 0 Å². The fourth-order valence-electron chi connectivity index (χ4n) is 3.00. The second kappa shape index (κ2) is 6.02. The topological polar surface area (TPSA) is 75.6 Å². The van der Waals surface area contributed by atoms with Crippen LogP contribution < -0.4 is 10.9 Å². The number of H-pyrrole nitrogens is 1. The van der Waals surface area contributed by atoms with Gasteiger partial charge in [0, 0.05) is 0 Å². The number of anilines is 1. The summed E-state index contributed by atoms with van der Waals surface area (Å²) in [4.78, 5) is 19.8. The predicted octanol–water partition coefficient (Wildman–Crippen LogP) is 3.66. The number of aromatic amines is 1. The van der Waals surface area contributed by atoms with Gasteiger partial charge in [-0.05, 0) is 58.2 Å². The zero-order chi connectivity index (χ0) is 18.4. The monoisotopic (exact) mass is 339 g/mol. The molecular weight excluding hydrogens is 314 g/mol. The van der Waals surface area contributed by atoms with E-state index < -0.39 is 0 Å². The standard InChI is InChI=1S/C19H25N5O/c1-11-8-7-9-14(12(11)2)13(3)21-18-22-16-15(17(25)23-18)10-20-24(16)19(4,5)6/h7-10,13H,1-6H3,(H2,21,22,23,25). The summed E-state index contributed by atoms with van der Waals surface area (Å²) in [6, 6.07) is 6.26. The third-order valence-corrected chi connectivity index (χ3v) is 4.54. The van der Waals surface area contributed by atoms with Crippen LogP contribution in [0.1, 0.15) is 50.4 Å². The first kappa shape index (κ1) is 17.2. The zero-order valence-corrected chi connectivity index (χ0v) is 15.6. The van der Waals surface area contributed by atoms with E-state index in [9.17, 15) is 4.79 Å². The SMILES string of the molecule is Cc1cccc(C(C)Nc2nc3c(cnn3C(C)(C)C)c(=O)[nH]2)c1C. The molecule has 0 bridgehead atoms. The highest BCUT2D eigenvalue weighted by Gasteiger charge is 2.20. The Morgan fingerprint density at radius 2 is 1.96 bits per heavy atom. The average Bonchev–Trinajstić information content (AvgIpc) is 2.94. The molecule has 2 aromatic heterocycles. The molecule has 0 aliphatic heterocycles. The molecule has 2 heterocycles. The van der Waals surface area contributed by atoms with Crippen molar-refractivity contribution in [3.63, 3.8) is 0 Å². The third-order valence-electron chi connectivity index (χ3n) is 4.54. The van der Waals surface area contributed by atoms with Crippen molar-refractivity contribution in [2.24, 2.45) is 0 Å². The normalized spacial score (nSPS) is 13.2. The molecule has 0 fully saturated rings. The minimum Gasteiger partial charge on any atom is -0.349 e. The second-order valence-corrected chi connectivity index (χ2v) is 7.53. The molecule has 0 spiro atoms. The summed E-state index contributed by atoms with van der Waals surface area (Å²) in [7, 11) is 0. The van der Waals surface area contributed by atoms with E-state index in [1.807, 2.05) is 26.8 Å². The second-order valence-electron chi connectivity index (χ2n) is 7.53. The highest BCUT2D eigenvalue weighted by Crippen LogP contribution is 2.24. The lowest BCUT2D eigenvalue weighted by atomic mass is 9.98. The van der Waals surface area contributed by atoms with E-state index in [1.54, 1.807) is 10.9 Å². The molecule has 3 aromatic rings. The van der Waals surface area contributed by atoms with Gasteiger partial charge in [0.05, 0.1) is 17.8 Å². The minimum atomic E-state index is -0.251. The molecule has 2 N–H and O–H groups in total. The van der Waals surface area contributed by atoms with Crippen LogP contribution in [0.25, 0.3) is 11.0 Å². The lowest BCUT2D eigenvalue weighted by molar-refractivity contribution is 0.366. The van der Waals surface area contributed by atoms with Gasteiger partial charge in [-0.25, -0.2) is 4.68 Å². The fraction of sp³-hybridized carbons (Fsp3) is 0.421. The van der Waals surface area contributed by atoms with Gasteiger partial charge < -0.3 is 5.32 Å². The van der Waals surface area contributed by atoms with Crippen molar-refractivity contribution in [1.29, 1.82) is 0 Å². The molecule has 3 rings (SSSR count). The highest BCUT2D eigenvalue weighted by atomic mass is 16.1. The Balaban J connectivity index is 2.02. The Kier molecular flexibility index (Phi) is 4.14. The fourth-order valence-corrected chi connectivity index (χ4v) is 3.00. The number of aromatic nitrogens is 4. The van der Waals surface area contributed by atoms with Gasteiger partial charge in [-0.15, -0.1) is 0 Å². The molecule has 1 aromatic carbocycles. The maximum atomic E-state index is 12.4. The molecule has 0 aliphatic carbocycles. The number of benzene rings is 1. The summed E-state index contributed by atoms with van der Waals surface area (Å²) in [5.74, 6) is 0.455. The Bertz CT molecular complexity index is 978. The van der Waals surface area contributed by atoms with Crippen LogP contribution in [0.5, 0.6) is 0 Å². The van der Waals surface area contributed by atoms with Gasteiger partial charge in [0.25, 0.3) is 5.56 Å². The van der Waals surface area contributed by atoms with Gasteiger partial charge in [0.15, 0.2) is 5.65 Å². The van der Waals surface area contributed by atoms with E-state index in [0.29, 0.717) is 17.0 Å².